The molecular formula is C11H12N4O2S2. The fourth-order valence-electron chi connectivity index (χ4n) is 1.99. The molecule has 100 valence electrons. The molecule has 0 bridgehead atoms. The van der Waals surface area contributed by atoms with Crippen LogP contribution in [0.1, 0.15) is 16.1 Å². The van der Waals surface area contributed by atoms with Gasteiger partial charge < -0.3 is 5.73 Å². The molecule has 0 atom stereocenters. The van der Waals surface area contributed by atoms with Gasteiger partial charge in [0.05, 0.1) is 12.2 Å². The molecule has 2 N–H and O–H groups in total. The number of aryl methyl sites for hydroxylation is 1. The highest BCUT2D eigenvalue weighted by atomic mass is 32.2. The first kappa shape index (κ1) is 12.5. The number of thiophene rings is 1. The molecule has 0 spiro atoms. The average molecular weight is 296 g/mol. The number of nitrogens with two attached hydrogens (primary N) is 1. The summed E-state index contributed by atoms with van der Waals surface area (Å²) in [6.07, 6.45) is 1.59. The fourth-order valence-corrected chi connectivity index (χ4v) is 4.80. The van der Waals surface area contributed by atoms with Gasteiger partial charge in [-0.3, -0.25) is 0 Å². The van der Waals surface area contributed by atoms with E-state index in [1.165, 1.54) is 15.6 Å². The molecule has 0 saturated heterocycles. The predicted octanol–water partition coefficient (Wildman–Crippen LogP) is 1.13. The van der Waals surface area contributed by atoms with E-state index in [0.29, 0.717) is 16.4 Å². The summed E-state index contributed by atoms with van der Waals surface area (Å²) < 4.78 is 26.7. The zero-order valence-corrected chi connectivity index (χ0v) is 11.8. The van der Waals surface area contributed by atoms with E-state index in [-0.39, 0.29) is 12.5 Å². The molecule has 6 nitrogen and oxygen atoms in total. The maximum atomic E-state index is 12.5. The first-order valence-electron chi connectivity index (χ1n) is 5.63. The van der Waals surface area contributed by atoms with Gasteiger partial charge in [0.25, 0.3) is 10.0 Å². The van der Waals surface area contributed by atoms with Gasteiger partial charge >= 0.3 is 0 Å². The van der Waals surface area contributed by atoms with E-state index in [4.69, 9.17) is 5.73 Å². The number of anilines is 1. The van der Waals surface area contributed by atoms with Gasteiger partial charge in [0, 0.05) is 23.2 Å². The van der Waals surface area contributed by atoms with E-state index in [1.54, 1.807) is 18.3 Å². The van der Waals surface area contributed by atoms with Crippen LogP contribution in [0.5, 0.6) is 0 Å². The van der Waals surface area contributed by atoms with Crippen LogP contribution in [0, 0.1) is 6.92 Å². The Bertz CT molecular complexity index is 739. The number of sulfonamides is 1. The van der Waals surface area contributed by atoms with Gasteiger partial charge in [0.2, 0.25) is 5.95 Å². The molecule has 1 aliphatic heterocycles. The maximum absolute atomic E-state index is 12.5. The van der Waals surface area contributed by atoms with E-state index >= 15 is 0 Å². The predicted molar refractivity (Wildman–Crippen MR) is 71.9 cm³/mol. The summed E-state index contributed by atoms with van der Waals surface area (Å²) in [6.45, 7) is 2.44. The molecule has 0 fully saturated rings. The molecule has 0 radical (unpaired) electrons. The quantitative estimate of drug-likeness (QED) is 0.897. The Kier molecular flexibility index (Phi) is 2.80. The van der Waals surface area contributed by atoms with Crippen molar-refractivity contribution in [1.29, 1.82) is 0 Å². The van der Waals surface area contributed by atoms with Gasteiger partial charge in [-0.25, -0.2) is 18.4 Å². The number of fused-ring (bicyclic) bond motifs is 1. The number of hydrogen-bond donors (Lipinski definition) is 1. The smallest absolute Gasteiger partial charge is 0.253 e. The molecular weight excluding hydrogens is 284 g/mol. The normalized spacial score (nSPS) is 15.6. The lowest BCUT2D eigenvalue weighted by molar-refractivity contribution is 0.431. The Morgan fingerprint density at radius 2 is 2.16 bits per heavy atom. The van der Waals surface area contributed by atoms with Crippen LogP contribution in [0.2, 0.25) is 0 Å². The van der Waals surface area contributed by atoms with Crippen LogP contribution in [-0.4, -0.2) is 22.7 Å². The third kappa shape index (κ3) is 2.11. The van der Waals surface area contributed by atoms with E-state index < -0.39 is 10.0 Å². The summed E-state index contributed by atoms with van der Waals surface area (Å²) >= 11 is 1.27. The third-order valence-corrected chi connectivity index (χ3v) is 6.22. The van der Waals surface area contributed by atoms with Crippen molar-refractivity contribution in [1.82, 2.24) is 14.3 Å². The summed E-state index contributed by atoms with van der Waals surface area (Å²) in [4.78, 5) is 8.94. The average Bonchev–Trinajstić information content (AvgIpc) is 2.95. The molecule has 19 heavy (non-hydrogen) atoms. The molecule has 0 aliphatic carbocycles. The lowest BCUT2D eigenvalue weighted by Crippen LogP contribution is -2.24. The highest BCUT2D eigenvalue weighted by Crippen LogP contribution is 2.30. The molecule has 0 saturated carbocycles. The minimum atomic E-state index is -3.46. The highest BCUT2D eigenvalue weighted by Gasteiger charge is 2.32. The van der Waals surface area contributed by atoms with Gasteiger partial charge in [0.1, 0.15) is 4.21 Å². The molecule has 3 rings (SSSR count). The van der Waals surface area contributed by atoms with Crippen molar-refractivity contribution in [3.63, 3.8) is 0 Å². The van der Waals surface area contributed by atoms with E-state index in [9.17, 15) is 8.42 Å². The van der Waals surface area contributed by atoms with Crippen molar-refractivity contribution >= 4 is 27.3 Å². The Morgan fingerprint density at radius 1 is 1.37 bits per heavy atom. The SMILES string of the molecule is Cc1ccc(S(=O)(=O)N2Cc3cnc(N)nc3C2)s1. The van der Waals surface area contributed by atoms with E-state index in [1.807, 2.05) is 6.92 Å². The summed E-state index contributed by atoms with van der Waals surface area (Å²) in [6, 6.07) is 3.44. The largest absolute Gasteiger partial charge is 0.368 e. The molecule has 0 unspecified atom stereocenters. The van der Waals surface area contributed by atoms with E-state index in [0.717, 1.165) is 10.4 Å². The second-order valence-electron chi connectivity index (χ2n) is 4.34. The van der Waals surface area contributed by atoms with Gasteiger partial charge in [-0.2, -0.15) is 4.31 Å². The second kappa shape index (κ2) is 4.26. The van der Waals surface area contributed by atoms with Gasteiger partial charge in [0.15, 0.2) is 0 Å². The molecule has 8 heteroatoms. The van der Waals surface area contributed by atoms with Crippen LogP contribution >= 0.6 is 11.3 Å². The minimum absolute atomic E-state index is 0.171. The van der Waals surface area contributed by atoms with Crippen LogP contribution in [0.15, 0.2) is 22.5 Å². The van der Waals surface area contributed by atoms with Gasteiger partial charge in [-0.15, -0.1) is 11.3 Å². The Labute approximate surface area is 115 Å². The molecule has 1 aliphatic rings. The summed E-state index contributed by atoms with van der Waals surface area (Å²) in [5, 5.41) is 0. The maximum Gasteiger partial charge on any atom is 0.253 e. The van der Waals surface area contributed by atoms with Crippen LogP contribution in [0.3, 0.4) is 0 Å². The molecule has 3 heterocycles. The van der Waals surface area contributed by atoms with Crippen LogP contribution in [0.4, 0.5) is 5.95 Å². The number of nitrogens with zero attached hydrogens (tertiary/aromatic N) is 3. The van der Waals surface area contributed by atoms with Crippen molar-refractivity contribution in [3.05, 3.63) is 34.5 Å². The second-order valence-corrected chi connectivity index (χ2v) is 7.79. The summed E-state index contributed by atoms with van der Waals surface area (Å²) in [5.74, 6) is 0.171. The number of rotatable bonds is 2. The number of nitrogen functional groups attached to an aromatic ring is 1. The Hall–Kier alpha value is -1.51. The summed E-state index contributed by atoms with van der Waals surface area (Å²) in [5.41, 5.74) is 7.01. The zero-order chi connectivity index (χ0) is 13.6. The monoisotopic (exact) mass is 296 g/mol. The Balaban J connectivity index is 1.94. The minimum Gasteiger partial charge on any atom is -0.368 e. The van der Waals surface area contributed by atoms with Crippen molar-refractivity contribution in [2.24, 2.45) is 0 Å². The first-order valence-corrected chi connectivity index (χ1v) is 7.89. The van der Waals surface area contributed by atoms with Crippen LogP contribution in [0.25, 0.3) is 0 Å². The van der Waals surface area contributed by atoms with E-state index in [2.05, 4.69) is 9.97 Å². The highest BCUT2D eigenvalue weighted by molar-refractivity contribution is 7.91. The lowest BCUT2D eigenvalue weighted by atomic mass is 10.3. The van der Waals surface area contributed by atoms with Crippen LogP contribution in [-0.2, 0) is 23.1 Å². The molecule has 2 aromatic heterocycles. The van der Waals surface area contributed by atoms with Crippen molar-refractivity contribution in [2.45, 2.75) is 24.2 Å². The fraction of sp³-hybridized carbons (Fsp3) is 0.273. The van der Waals surface area contributed by atoms with Crippen LogP contribution < -0.4 is 5.73 Å². The molecule has 0 aromatic carbocycles. The number of aromatic nitrogens is 2. The van der Waals surface area contributed by atoms with Crippen molar-refractivity contribution in [2.75, 3.05) is 5.73 Å². The molecule has 0 amide bonds. The van der Waals surface area contributed by atoms with Gasteiger partial charge in [-0.1, -0.05) is 0 Å². The zero-order valence-electron chi connectivity index (χ0n) is 10.2. The van der Waals surface area contributed by atoms with Crippen molar-refractivity contribution in [3.8, 4) is 0 Å². The Morgan fingerprint density at radius 3 is 2.84 bits per heavy atom. The third-order valence-electron chi connectivity index (χ3n) is 2.96. The topological polar surface area (TPSA) is 89.2 Å². The van der Waals surface area contributed by atoms with Gasteiger partial charge in [-0.05, 0) is 19.1 Å². The molecule has 2 aromatic rings. The standard InChI is InChI=1S/C11H12N4O2S2/c1-7-2-3-10(18-7)19(16,17)15-5-8-4-13-11(12)14-9(8)6-15/h2-4H,5-6H2,1H3,(H2,12,13,14). The number of hydrogen-bond acceptors (Lipinski definition) is 6. The van der Waals surface area contributed by atoms with Crippen molar-refractivity contribution < 1.29 is 8.42 Å². The summed E-state index contributed by atoms with van der Waals surface area (Å²) in [7, 11) is -3.46. The first-order chi connectivity index (χ1) is 8.96. The lowest BCUT2D eigenvalue weighted by Gasteiger charge is -2.13.